The van der Waals surface area contributed by atoms with E-state index in [-0.39, 0.29) is 18.5 Å². The Morgan fingerprint density at radius 1 is 1.56 bits per heavy atom. The average molecular weight is 249 g/mol. The first-order chi connectivity index (χ1) is 8.63. The van der Waals surface area contributed by atoms with Crippen molar-refractivity contribution in [2.75, 3.05) is 6.54 Å². The minimum atomic E-state index is -0.825. The van der Waals surface area contributed by atoms with E-state index in [4.69, 9.17) is 5.73 Å². The van der Waals surface area contributed by atoms with Crippen LogP contribution in [0.1, 0.15) is 36.0 Å². The van der Waals surface area contributed by atoms with Crippen LogP contribution in [0.15, 0.2) is 24.5 Å². The molecule has 4 N–H and O–H groups in total. The maximum Gasteiger partial charge on any atom is 0.251 e. The summed E-state index contributed by atoms with van der Waals surface area (Å²) in [5.41, 5.74) is 5.34. The van der Waals surface area contributed by atoms with Crippen LogP contribution in [0.3, 0.4) is 0 Å². The van der Waals surface area contributed by atoms with E-state index in [0.29, 0.717) is 18.4 Å². The molecule has 1 aromatic rings. The first-order valence-electron chi connectivity index (χ1n) is 6.26. The topological polar surface area (TPSA) is 88.2 Å². The van der Waals surface area contributed by atoms with Crippen molar-refractivity contribution in [1.29, 1.82) is 0 Å². The first-order valence-corrected chi connectivity index (χ1v) is 6.26. The standard InChI is InChI=1S/C13H19N3O2/c14-9-13(18)5-1-2-11(8-13)16-12(17)10-3-6-15-7-4-10/h3-4,6-7,11,18H,1-2,5,8-9,14H2,(H,16,17). The molecule has 1 saturated carbocycles. The van der Waals surface area contributed by atoms with Gasteiger partial charge in [0.1, 0.15) is 0 Å². The highest BCUT2D eigenvalue weighted by Crippen LogP contribution is 2.27. The molecule has 2 rings (SSSR count). The molecule has 1 aromatic heterocycles. The molecule has 0 saturated heterocycles. The second-order valence-electron chi connectivity index (χ2n) is 4.93. The van der Waals surface area contributed by atoms with Gasteiger partial charge in [-0.1, -0.05) is 0 Å². The van der Waals surface area contributed by atoms with Gasteiger partial charge in [0, 0.05) is 30.5 Å². The number of rotatable bonds is 3. The molecule has 0 bridgehead atoms. The molecule has 0 radical (unpaired) electrons. The van der Waals surface area contributed by atoms with Gasteiger partial charge < -0.3 is 16.2 Å². The summed E-state index contributed by atoms with van der Waals surface area (Å²) >= 11 is 0. The molecular weight excluding hydrogens is 230 g/mol. The lowest BCUT2D eigenvalue weighted by molar-refractivity contribution is 0.00156. The number of amides is 1. The highest BCUT2D eigenvalue weighted by Gasteiger charge is 2.33. The van der Waals surface area contributed by atoms with Crippen molar-refractivity contribution in [1.82, 2.24) is 10.3 Å². The lowest BCUT2D eigenvalue weighted by Gasteiger charge is -2.36. The Labute approximate surface area is 106 Å². The summed E-state index contributed by atoms with van der Waals surface area (Å²) in [5.74, 6) is -0.122. The monoisotopic (exact) mass is 249 g/mol. The number of pyridine rings is 1. The van der Waals surface area contributed by atoms with E-state index >= 15 is 0 Å². The SMILES string of the molecule is NCC1(O)CCCC(NC(=O)c2ccncc2)C1. The highest BCUT2D eigenvalue weighted by atomic mass is 16.3. The largest absolute Gasteiger partial charge is 0.388 e. The predicted molar refractivity (Wildman–Crippen MR) is 68.0 cm³/mol. The number of nitrogens with zero attached hydrogens (tertiary/aromatic N) is 1. The van der Waals surface area contributed by atoms with Crippen LogP contribution in [0.25, 0.3) is 0 Å². The van der Waals surface area contributed by atoms with Gasteiger partial charge >= 0.3 is 0 Å². The molecule has 1 fully saturated rings. The predicted octanol–water partition coefficient (Wildman–Crippen LogP) is 0.444. The number of aromatic nitrogens is 1. The van der Waals surface area contributed by atoms with E-state index in [1.807, 2.05) is 0 Å². The smallest absolute Gasteiger partial charge is 0.251 e. The molecule has 98 valence electrons. The summed E-state index contributed by atoms with van der Waals surface area (Å²) in [6.07, 6.45) is 6.19. The average Bonchev–Trinajstić information content (AvgIpc) is 2.40. The van der Waals surface area contributed by atoms with Gasteiger partial charge in [-0.05, 0) is 37.8 Å². The van der Waals surface area contributed by atoms with Gasteiger partial charge in [-0.15, -0.1) is 0 Å². The Kier molecular flexibility index (Phi) is 3.93. The second-order valence-corrected chi connectivity index (χ2v) is 4.93. The Morgan fingerprint density at radius 2 is 2.28 bits per heavy atom. The van der Waals surface area contributed by atoms with Crippen LogP contribution in [0.5, 0.6) is 0 Å². The lowest BCUT2D eigenvalue weighted by Crippen LogP contribution is -2.49. The van der Waals surface area contributed by atoms with Crippen LogP contribution < -0.4 is 11.1 Å². The molecular formula is C13H19N3O2. The van der Waals surface area contributed by atoms with E-state index < -0.39 is 5.60 Å². The number of nitrogens with one attached hydrogen (secondary N) is 1. The minimum Gasteiger partial charge on any atom is -0.388 e. The molecule has 1 amide bonds. The fraction of sp³-hybridized carbons (Fsp3) is 0.538. The number of carbonyl (C=O) groups excluding carboxylic acids is 1. The molecule has 1 heterocycles. The van der Waals surface area contributed by atoms with Gasteiger partial charge in [-0.3, -0.25) is 9.78 Å². The van der Waals surface area contributed by atoms with E-state index in [1.54, 1.807) is 24.5 Å². The second kappa shape index (κ2) is 5.46. The van der Waals surface area contributed by atoms with Crippen molar-refractivity contribution in [3.8, 4) is 0 Å². The summed E-state index contributed by atoms with van der Waals surface area (Å²) in [5, 5.41) is 13.1. The van der Waals surface area contributed by atoms with Crippen molar-refractivity contribution < 1.29 is 9.90 Å². The third-order valence-electron chi connectivity index (χ3n) is 3.48. The number of hydrogen-bond acceptors (Lipinski definition) is 4. The summed E-state index contributed by atoms with van der Waals surface area (Å²) < 4.78 is 0. The van der Waals surface area contributed by atoms with Gasteiger partial charge in [0.05, 0.1) is 5.60 Å². The zero-order valence-corrected chi connectivity index (χ0v) is 10.3. The number of nitrogens with two attached hydrogens (primary N) is 1. The third kappa shape index (κ3) is 3.05. The van der Waals surface area contributed by atoms with Crippen molar-refractivity contribution in [2.45, 2.75) is 37.3 Å². The molecule has 5 heteroatoms. The highest BCUT2D eigenvalue weighted by molar-refractivity contribution is 5.94. The van der Waals surface area contributed by atoms with Crippen LogP contribution >= 0.6 is 0 Å². The summed E-state index contributed by atoms with van der Waals surface area (Å²) in [7, 11) is 0. The van der Waals surface area contributed by atoms with Gasteiger partial charge in [0.2, 0.25) is 0 Å². The molecule has 0 spiro atoms. The van der Waals surface area contributed by atoms with Gasteiger partial charge in [-0.25, -0.2) is 0 Å². The number of aliphatic hydroxyl groups is 1. The summed E-state index contributed by atoms with van der Waals surface area (Å²) in [6, 6.07) is 3.34. The normalized spacial score (nSPS) is 27.8. The summed E-state index contributed by atoms with van der Waals surface area (Å²) in [6.45, 7) is 0.245. The van der Waals surface area contributed by atoms with Crippen LogP contribution in [0, 0.1) is 0 Å². The van der Waals surface area contributed by atoms with E-state index in [0.717, 1.165) is 12.8 Å². The molecule has 1 aliphatic carbocycles. The zero-order valence-electron chi connectivity index (χ0n) is 10.3. The Balaban J connectivity index is 1.96. The number of hydrogen-bond donors (Lipinski definition) is 3. The first kappa shape index (κ1) is 13.0. The van der Waals surface area contributed by atoms with Crippen molar-refractivity contribution in [3.05, 3.63) is 30.1 Å². The number of carbonyl (C=O) groups is 1. The Bertz CT molecular complexity index is 410. The van der Waals surface area contributed by atoms with Crippen LogP contribution in [-0.4, -0.2) is 34.2 Å². The fourth-order valence-electron chi connectivity index (χ4n) is 2.42. The maximum atomic E-state index is 12.0. The molecule has 0 aromatic carbocycles. The van der Waals surface area contributed by atoms with E-state index in [1.165, 1.54) is 0 Å². The van der Waals surface area contributed by atoms with E-state index in [2.05, 4.69) is 10.3 Å². The van der Waals surface area contributed by atoms with Crippen LogP contribution in [0.4, 0.5) is 0 Å². The quantitative estimate of drug-likeness (QED) is 0.725. The maximum absolute atomic E-state index is 12.0. The van der Waals surface area contributed by atoms with Gasteiger partial charge in [0.25, 0.3) is 5.91 Å². The zero-order chi connectivity index (χ0) is 13.0. The Hall–Kier alpha value is -1.46. The molecule has 5 nitrogen and oxygen atoms in total. The summed E-state index contributed by atoms with van der Waals surface area (Å²) in [4.78, 5) is 15.8. The van der Waals surface area contributed by atoms with Crippen LogP contribution in [0.2, 0.25) is 0 Å². The van der Waals surface area contributed by atoms with Gasteiger partial charge in [-0.2, -0.15) is 0 Å². The minimum absolute atomic E-state index is 0.00651. The molecule has 2 unspecified atom stereocenters. The molecule has 0 aliphatic heterocycles. The fourth-order valence-corrected chi connectivity index (χ4v) is 2.42. The lowest BCUT2D eigenvalue weighted by atomic mass is 9.82. The molecule has 2 atom stereocenters. The van der Waals surface area contributed by atoms with Crippen LogP contribution in [-0.2, 0) is 0 Å². The van der Waals surface area contributed by atoms with E-state index in [9.17, 15) is 9.90 Å². The molecule has 1 aliphatic rings. The van der Waals surface area contributed by atoms with Gasteiger partial charge in [0.15, 0.2) is 0 Å². The Morgan fingerprint density at radius 3 is 2.94 bits per heavy atom. The van der Waals surface area contributed by atoms with Crippen molar-refractivity contribution in [2.24, 2.45) is 5.73 Å². The third-order valence-corrected chi connectivity index (χ3v) is 3.48. The van der Waals surface area contributed by atoms with Crippen molar-refractivity contribution in [3.63, 3.8) is 0 Å². The molecule has 18 heavy (non-hydrogen) atoms. The van der Waals surface area contributed by atoms with Crippen molar-refractivity contribution >= 4 is 5.91 Å².